The Balaban J connectivity index is -0.000000125. The summed E-state index contributed by atoms with van der Waals surface area (Å²) in [6.45, 7) is 0. The van der Waals surface area contributed by atoms with Crippen LogP contribution in [0.1, 0.15) is 14.3 Å². The van der Waals surface area contributed by atoms with Crippen LogP contribution in [0.5, 0.6) is 0 Å². The van der Waals surface area contributed by atoms with E-state index in [-0.39, 0.29) is 40.0 Å². The van der Waals surface area contributed by atoms with E-state index >= 15 is 0 Å². The number of rotatable bonds is 0. The first kappa shape index (κ1) is 14.6. The van der Waals surface area contributed by atoms with Gasteiger partial charge in [-0.15, -0.1) is 12.8 Å². The van der Waals surface area contributed by atoms with Crippen LogP contribution in [0.3, 0.4) is 0 Å². The molecule has 0 amide bonds. The van der Waals surface area contributed by atoms with Crippen molar-refractivity contribution < 1.29 is 40.0 Å². The molecule has 0 heterocycles. The summed E-state index contributed by atoms with van der Waals surface area (Å²) >= 11 is 0. The van der Waals surface area contributed by atoms with Gasteiger partial charge in [-0.05, 0) is 0 Å². The van der Waals surface area contributed by atoms with Crippen molar-refractivity contribution in [3.63, 3.8) is 0 Å². The maximum atomic E-state index is 2.99. The summed E-state index contributed by atoms with van der Waals surface area (Å²) in [7, 11) is 0. The molecule has 0 saturated heterocycles. The Hall–Kier alpha value is 0.133. The van der Waals surface area contributed by atoms with Crippen molar-refractivity contribution in [2.45, 2.75) is 12.8 Å². The number of hydrogen-bond acceptors (Lipinski definition) is 0. The second-order valence-electron chi connectivity index (χ2n) is 2.01. The van der Waals surface area contributed by atoms with Gasteiger partial charge in [-0.1, -0.05) is 0 Å². The SMILES string of the molecule is [C-]1=CC=CC1.[C-]1=CC=CC1.[Cl-].[H-].[Zr+4]. The van der Waals surface area contributed by atoms with Gasteiger partial charge < -0.3 is 13.8 Å². The van der Waals surface area contributed by atoms with Crippen LogP contribution in [0.25, 0.3) is 0 Å². The fourth-order valence-corrected chi connectivity index (χ4v) is 0.680. The molecule has 2 rings (SSSR count). The monoisotopic (exact) mass is 256 g/mol. The third-order valence-electron chi connectivity index (χ3n) is 1.17. The molecule has 0 fully saturated rings. The van der Waals surface area contributed by atoms with Gasteiger partial charge >= 0.3 is 26.2 Å². The van der Waals surface area contributed by atoms with Gasteiger partial charge in [-0.2, -0.15) is 12.2 Å². The Labute approximate surface area is 101 Å². The Morgan fingerprint density at radius 3 is 1.42 bits per heavy atom. The molecular formula is C10H11ClZr. The zero-order chi connectivity index (χ0) is 7.07. The summed E-state index contributed by atoms with van der Waals surface area (Å²) in [4.78, 5) is 0. The van der Waals surface area contributed by atoms with Gasteiger partial charge in [0, 0.05) is 0 Å². The number of allylic oxidation sites excluding steroid dienone is 8. The van der Waals surface area contributed by atoms with Crippen LogP contribution in [0.4, 0.5) is 0 Å². The third kappa shape index (κ3) is 8.23. The molecule has 0 atom stereocenters. The van der Waals surface area contributed by atoms with Crippen molar-refractivity contribution >= 4 is 0 Å². The van der Waals surface area contributed by atoms with E-state index in [0.29, 0.717) is 0 Å². The van der Waals surface area contributed by atoms with Crippen LogP contribution in [0.15, 0.2) is 36.5 Å². The van der Waals surface area contributed by atoms with Crippen LogP contribution in [-0.4, -0.2) is 0 Å². The fourth-order valence-electron chi connectivity index (χ4n) is 0.680. The Morgan fingerprint density at radius 1 is 0.917 bits per heavy atom. The molecule has 0 aromatic heterocycles. The first-order valence-electron chi connectivity index (χ1n) is 3.43. The standard InChI is InChI=1S/2C5H5.ClH.Zr.H/c2*1-2-4-5-3-1;;;/h2*1-3H,4H2;1H;;/q2*-1;;+4;-1/p-1. The molecule has 0 saturated carbocycles. The Morgan fingerprint density at radius 2 is 1.33 bits per heavy atom. The largest absolute Gasteiger partial charge is 4.00 e. The molecule has 0 aromatic rings. The molecule has 0 N–H and O–H groups in total. The summed E-state index contributed by atoms with van der Waals surface area (Å²) in [6, 6.07) is 0. The van der Waals surface area contributed by atoms with Gasteiger partial charge in [0.15, 0.2) is 0 Å². The van der Waals surface area contributed by atoms with Gasteiger partial charge in [-0.25, -0.2) is 24.3 Å². The van der Waals surface area contributed by atoms with E-state index in [1.165, 1.54) is 0 Å². The predicted molar refractivity (Wildman–Crippen MR) is 44.3 cm³/mol. The summed E-state index contributed by atoms with van der Waals surface area (Å²) in [5.74, 6) is 0. The maximum Gasteiger partial charge on any atom is 4.00 e. The molecule has 0 spiro atoms. The van der Waals surface area contributed by atoms with Crippen molar-refractivity contribution in [3.8, 4) is 0 Å². The maximum absolute atomic E-state index is 2.99. The van der Waals surface area contributed by atoms with E-state index < -0.39 is 0 Å². The quantitative estimate of drug-likeness (QED) is 0.524. The fraction of sp³-hybridized carbons (Fsp3) is 0.200. The van der Waals surface area contributed by atoms with Gasteiger partial charge in [-0.3, -0.25) is 12.2 Å². The first-order chi connectivity index (χ1) is 5.00. The van der Waals surface area contributed by atoms with Crippen molar-refractivity contribution in [1.82, 2.24) is 0 Å². The molecule has 0 bridgehead atoms. The second-order valence-corrected chi connectivity index (χ2v) is 2.01. The molecular weight excluding hydrogens is 247 g/mol. The van der Waals surface area contributed by atoms with Crippen molar-refractivity contribution in [2.75, 3.05) is 0 Å². The molecule has 12 heavy (non-hydrogen) atoms. The zero-order valence-corrected chi connectivity index (χ0v) is 9.97. The molecule has 2 heteroatoms. The van der Waals surface area contributed by atoms with Crippen molar-refractivity contribution in [1.29, 1.82) is 0 Å². The van der Waals surface area contributed by atoms with E-state index in [1.807, 2.05) is 24.3 Å². The van der Waals surface area contributed by atoms with E-state index in [4.69, 9.17) is 0 Å². The molecule has 0 unspecified atom stereocenters. The second kappa shape index (κ2) is 11.1. The van der Waals surface area contributed by atoms with Crippen molar-refractivity contribution in [2.24, 2.45) is 0 Å². The minimum absolute atomic E-state index is 0. The van der Waals surface area contributed by atoms with Crippen LogP contribution in [0, 0.1) is 12.2 Å². The topological polar surface area (TPSA) is 0 Å². The minimum atomic E-state index is 0. The van der Waals surface area contributed by atoms with Crippen LogP contribution in [0.2, 0.25) is 0 Å². The van der Waals surface area contributed by atoms with E-state index in [9.17, 15) is 0 Å². The summed E-state index contributed by atoms with van der Waals surface area (Å²) in [5.41, 5.74) is 0. The minimum Gasteiger partial charge on any atom is -1.00 e. The zero-order valence-electron chi connectivity index (χ0n) is 7.76. The van der Waals surface area contributed by atoms with E-state index in [1.54, 1.807) is 0 Å². The summed E-state index contributed by atoms with van der Waals surface area (Å²) in [6.07, 6.45) is 20.0. The van der Waals surface area contributed by atoms with Gasteiger partial charge in [0.2, 0.25) is 0 Å². The average molecular weight is 258 g/mol. The average Bonchev–Trinajstić information content (AvgIpc) is 2.67. The Bertz CT molecular complexity index is 153. The molecule has 0 aliphatic heterocycles. The van der Waals surface area contributed by atoms with Gasteiger partial charge in [0.1, 0.15) is 0 Å². The van der Waals surface area contributed by atoms with E-state index in [0.717, 1.165) is 12.8 Å². The van der Waals surface area contributed by atoms with Crippen LogP contribution in [-0.2, 0) is 26.2 Å². The van der Waals surface area contributed by atoms with Crippen LogP contribution >= 0.6 is 0 Å². The van der Waals surface area contributed by atoms with E-state index in [2.05, 4.69) is 24.3 Å². The molecule has 0 aromatic carbocycles. The molecule has 0 radical (unpaired) electrons. The van der Waals surface area contributed by atoms with Gasteiger partial charge in [0.25, 0.3) is 0 Å². The molecule has 0 nitrogen and oxygen atoms in total. The van der Waals surface area contributed by atoms with Crippen molar-refractivity contribution in [3.05, 3.63) is 48.6 Å². The smallest absolute Gasteiger partial charge is 1.00 e. The summed E-state index contributed by atoms with van der Waals surface area (Å²) < 4.78 is 0. The van der Waals surface area contributed by atoms with Crippen LogP contribution < -0.4 is 12.4 Å². The number of hydrogen-bond donors (Lipinski definition) is 0. The predicted octanol–water partition coefficient (Wildman–Crippen LogP) is -0.275. The third-order valence-corrected chi connectivity index (χ3v) is 1.17. The molecule has 2 aliphatic carbocycles. The molecule has 62 valence electrons. The first-order valence-corrected chi connectivity index (χ1v) is 3.43. The Kier molecular flexibility index (Phi) is 13.6. The number of halogens is 1. The van der Waals surface area contributed by atoms with Gasteiger partial charge in [0.05, 0.1) is 0 Å². The summed E-state index contributed by atoms with van der Waals surface area (Å²) in [5, 5.41) is 0. The molecule has 2 aliphatic rings. The normalized spacial score (nSPS) is 14.7.